The number of piperidine rings is 1. The summed E-state index contributed by atoms with van der Waals surface area (Å²) in [6, 6.07) is 13.6. The van der Waals surface area contributed by atoms with E-state index in [1.165, 1.54) is 5.69 Å². The second kappa shape index (κ2) is 8.15. The van der Waals surface area contributed by atoms with Crippen molar-refractivity contribution >= 4 is 11.6 Å². The van der Waals surface area contributed by atoms with Gasteiger partial charge in [0.15, 0.2) is 0 Å². The van der Waals surface area contributed by atoms with Gasteiger partial charge in [0.05, 0.1) is 12.8 Å². The topological polar surface area (TPSA) is 72.3 Å². The molecule has 0 radical (unpaired) electrons. The zero-order valence-corrected chi connectivity index (χ0v) is 17.7. The number of hydrogen-bond donors (Lipinski definition) is 1. The molecule has 2 aliphatic rings. The Morgan fingerprint density at radius 1 is 1.13 bits per heavy atom. The van der Waals surface area contributed by atoms with Crippen LogP contribution in [0.3, 0.4) is 0 Å². The fourth-order valence-electron chi connectivity index (χ4n) is 4.78. The summed E-state index contributed by atoms with van der Waals surface area (Å²) in [7, 11) is 1.62. The minimum absolute atomic E-state index is 0.0983. The first-order chi connectivity index (χ1) is 15.2. The van der Waals surface area contributed by atoms with E-state index >= 15 is 0 Å². The van der Waals surface area contributed by atoms with E-state index in [-0.39, 0.29) is 17.2 Å². The van der Waals surface area contributed by atoms with E-state index < -0.39 is 0 Å². The quantitative estimate of drug-likeness (QED) is 0.664. The van der Waals surface area contributed by atoms with Gasteiger partial charge in [0, 0.05) is 36.7 Å². The number of rotatable bonds is 6. The van der Waals surface area contributed by atoms with Crippen molar-refractivity contribution in [2.45, 2.75) is 25.8 Å². The van der Waals surface area contributed by atoms with Crippen molar-refractivity contribution in [2.24, 2.45) is 11.3 Å². The first kappa shape index (κ1) is 19.8. The highest BCUT2D eigenvalue weighted by Gasteiger charge is 2.58. The molecule has 1 aliphatic heterocycles. The molecule has 7 nitrogen and oxygen atoms in total. The second-order valence-electron chi connectivity index (χ2n) is 8.50. The maximum absolute atomic E-state index is 12.9. The van der Waals surface area contributed by atoms with Crippen molar-refractivity contribution in [3.05, 3.63) is 66.7 Å². The van der Waals surface area contributed by atoms with Crippen molar-refractivity contribution in [2.75, 3.05) is 25.5 Å². The monoisotopic (exact) mass is 417 g/mol. The molecule has 1 aromatic carbocycles. The van der Waals surface area contributed by atoms with Gasteiger partial charge < -0.3 is 10.1 Å². The Bertz CT molecular complexity index is 1060. The van der Waals surface area contributed by atoms with Gasteiger partial charge in [-0.2, -0.15) is 0 Å². The lowest BCUT2D eigenvalue weighted by Gasteiger charge is -2.32. The normalized spacial score (nSPS) is 19.8. The van der Waals surface area contributed by atoms with Crippen LogP contribution < -0.4 is 10.1 Å². The molecule has 7 heteroatoms. The molecule has 1 unspecified atom stereocenters. The number of ether oxygens (including phenoxy) is 1. The van der Waals surface area contributed by atoms with Gasteiger partial charge in [-0.1, -0.05) is 12.1 Å². The molecule has 1 saturated carbocycles. The number of carbonyl (C=O) groups excluding carboxylic acids is 1. The Labute approximate surface area is 182 Å². The van der Waals surface area contributed by atoms with E-state index in [1.54, 1.807) is 19.5 Å². The van der Waals surface area contributed by atoms with Crippen LogP contribution in [0.5, 0.6) is 5.75 Å². The summed E-state index contributed by atoms with van der Waals surface area (Å²) in [5.74, 6) is 1.62. The highest BCUT2D eigenvalue weighted by Crippen LogP contribution is 2.59. The molecule has 3 aromatic rings. The molecule has 1 spiro atoms. The summed E-state index contributed by atoms with van der Waals surface area (Å²) < 4.78 is 7.40. The number of anilines is 1. The van der Waals surface area contributed by atoms with Crippen LogP contribution in [0.15, 0.2) is 61.1 Å². The molecular formula is C24H27N5O2. The molecule has 5 rings (SSSR count). The lowest BCUT2D eigenvalue weighted by molar-refractivity contribution is -0.118. The zero-order valence-electron chi connectivity index (χ0n) is 17.7. The largest absolute Gasteiger partial charge is 0.495 e. The second-order valence-corrected chi connectivity index (χ2v) is 8.50. The Hall–Kier alpha value is -3.19. The van der Waals surface area contributed by atoms with Gasteiger partial charge in [-0.3, -0.25) is 14.3 Å². The van der Waals surface area contributed by atoms with E-state index in [2.05, 4.69) is 26.3 Å². The molecule has 1 aliphatic carbocycles. The summed E-state index contributed by atoms with van der Waals surface area (Å²) in [6.45, 7) is 2.86. The third-order valence-electron chi connectivity index (χ3n) is 6.71. The van der Waals surface area contributed by atoms with Gasteiger partial charge in [-0.25, -0.2) is 9.97 Å². The van der Waals surface area contributed by atoms with Crippen molar-refractivity contribution in [1.29, 1.82) is 0 Å². The number of amides is 1. The fraction of sp³-hybridized carbons (Fsp3) is 0.375. The van der Waals surface area contributed by atoms with Crippen LogP contribution in [0.2, 0.25) is 0 Å². The minimum atomic E-state index is 0.0983. The number of benzene rings is 1. The Balaban J connectivity index is 1.18. The van der Waals surface area contributed by atoms with Gasteiger partial charge in [0.2, 0.25) is 11.9 Å². The van der Waals surface area contributed by atoms with Crippen LogP contribution in [0.25, 0.3) is 5.95 Å². The number of carbonyl (C=O) groups is 1. The van der Waals surface area contributed by atoms with Crippen LogP contribution >= 0.6 is 0 Å². The summed E-state index contributed by atoms with van der Waals surface area (Å²) >= 11 is 0. The Morgan fingerprint density at radius 2 is 1.90 bits per heavy atom. The predicted molar refractivity (Wildman–Crippen MR) is 118 cm³/mol. The molecule has 3 heterocycles. The minimum Gasteiger partial charge on any atom is -0.495 e. The highest BCUT2D eigenvalue weighted by atomic mass is 16.5. The van der Waals surface area contributed by atoms with E-state index in [1.807, 2.05) is 47.2 Å². The number of methoxy groups -OCH3 is 1. The maximum Gasteiger partial charge on any atom is 0.233 e. The number of likely N-dealkylation sites (tertiary alicyclic amines) is 1. The van der Waals surface area contributed by atoms with Crippen molar-refractivity contribution in [1.82, 2.24) is 19.4 Å². The number of hydrogen-bond acceptors (Lipinski definition) is 5. The smallest absolute Gasteiger partial charge is 0.233 e. The molecule has 1 N–H and O–H groups in total. The predicted octanol–water partition coefficient (Wildman–Crippen LogP) is 3.52. The van der Waals surface area contributed by atoms with Crippen molar-refractivity contribution in [3.63, 3.8) is 0 Å². The van der Waals surface area contributed by atoms with Crippen molar-refractivity contribution < 1.29 is 9.53 Å². The molecule has 2 aromatic heterocycles. The van der Waals surface area contributed by atoms with Gasteiger partial charge in [0.1, 0.15) is 5.75 Å². The number of aromatic nitrogens is 3. The third kappa shape index (κ3) is 3.93. The summed E-state index contributed by atoms with van der Waals surface area (Å²) in [5, 5.41) is 3.07. The molecule has 160 valence electrons. The average molecular weight is 418 g/mol. The van der Waals surface area contributed by atoms with Gasteiger partial charge in [-0.15, -0.1) is 0 Å². The molecular weight excluding hydrogens is 390 g/mol. The van der Waals surface area contributed by atoms with E-state index in [9.17, 15) is 4.79 Å². The van der Waals surface area contributed by atoms with E-state index in [0.717, 1.165) is 44.6 Å². The number of para-hydroxylation sites is 2. The molecule has 1 amide bonds. The lowest BCUT2D eigenvalue weighted by atomic mass is 9.90. The summed E-state index contributed by atoms with van der Waals surface area (Å²) in [6.07, 6.45) is 8.63. The fourth-order valence-corrected chi connectivity index (χ4v) is 4.78. The molecule has 31 heavy (non-hydrogen) atoms. The van der Waals surface area contributed by atoms with Gasteiger partial charge in [0.25, 0.3) is 0 Å². The van der Waals surface area contributed by atoms with E-state index in [4.69, 9.17) is 4.74 Å². The first-order valence-electron chi connectivity index (χ1n) is 10.8. The molecule has 1 saturated heterocycles. The van der Waals surface area contributed by atoms with Crippen molar-refractivity contribution in [3.8, 4) is 11.7 Å². The van der Waals surface area contributed by atoms with Crippen LogP contribution in [0, 0.1) is 11.3 Å². The summed E-state index contributed by atoms with van der Waals surface area (Å²) in [4.78, 5) is 24.1. The van der Waals surface area contributed by atoms with Crippen LogP contribution in [-0.4, -0.2) is 45.5 Å². The van der Waals surface area contributed by atoms with Gasteiger partial charge >= 0.3 is 0 Å². The van der Waals surface area contributed by atoms with Crippen LogP contribution in [-0.2, 0) is 11.3 Å². The number of nitrogens with one attached hydrogen (secondary N) is 1. The molecule has 0 bridgehead atoms. The summed E-state index contributed by atoms with van der Waals surface area (Å²) in [5.41, 5.74) is 2.09. The van der Waals surface area contributed by atoms with Gasteiger partial charge in [-0.05, 0) is 68.1 Å². The van der Waals surface area contributed by atoms with Crippen LogP contribution in [0.1, 0.15) is 25.0 Å². The molecule has 1 atom stereocenters. The molecule has 2 fully saturated rings. The Kier molecular flexibility index (Phi) is 5.19. The standard InChI is InChI=1S/C24H27N5O2/c1-31-21-8-3-2-7-20(21)27-22(30)19-16-24(19)9-14-28(15-10-24)17-18-6-4-13-29(18)23-25-11-5-12-26-23/h2-8,11-13,19H,9-10,14-17H2,1H3,(H,27,30). The SMILES string of the molecule is COc1ccccc1NC(=O)C1CC12CCN(Cc1cccn1-c1ncccn1)CC2. The van der Waals surface area contributed by atoms with Crippen LogP contribution in [0.4, 0.5) is 5.69 Å². The lowest BCUT2D eigenvalue weighted by Crippen LogP contribution is -2.36. The Morgan fingerprint density at radius 3 is 2.68 bits per heavy atom. The van der Waals surface area contributed by atoms with E-state index in [0.29, 0.717) is 11.7 Å². The highest BCUT2D eigenvalue weighted by molar-refractivity contribution is 5.96. The average Bonchev–Trinajstić information content (AvgIpc) is 3.31. The number of nitrogens with zero attached hydrogens (tertiary/aromatic N) is 4. The maximum atomic E-state index is 12.9. The first-order valence-corrected chi connectivity index (χ1v) is 10.8. The third-order valence-corrected chi connectivity index (χ3v) is 6.71. The zero-order chi connectivity index (χ0) is 21.3.